The van der Waals surface area contributed by atoms with E-state index in [0.717, 1.165) is 36.7 Å². The molecule has 0 saturated heterocycles. The average molecular weight is 329 g/mol. The Bertz CT molecular complexity index is 638. The normalized spacial score (nSPS) is 12.0. The van der Waals surface area contributed by atoms with Gasteiger partial charge in [-0.2, -0.15) is 0 Å². The predicted octanol–water partition coefficient (Wildman–Crippen LogP) is 3.27. The molecule has 0 amide bonds. The lowest BCUT2D eigenvalue weighted by molar-refractivity contribution is 0.319. The van der Waals surface area contributed by atoms with Gasteiger partial charge in [0.2, 0.25) is 0 Å². The van der Waals surface area contributed by atoms with E-state index in [1.807, 2.05) is 37.8 Å². The third kappa shape index (κ3) is 5.74. The highest BCUT2D eigenvalue weighted by molar-refractivity contribution is 5.43. The van der Waals surface area contributed by atoms with Crippen LogP contribution in [0.25, 0.3) is 0 Å². The molecule has 1 N–H and O–H groups in total. The second-order valence-corrected chi connectivity index (χ2v) is 6.23. The van der Waals surface area contributed by atoms with Crippen molar-refractivity contribution in [2.45, 2.75) is 26.9 Å². The first kappa shape index (κ1) is 18.1. The van der Waals surface area contributed by atoms with Gasteiger partial charge in [0.25, 0.3) is 0 Å². The zero-order chi connectivity index (χ0) is 17.4. The zero-order valence-electron chi connectivity index (χ0n) is 14.8. The topological polar surface area (TPSA) is 48.3 Å². The molecule has 0 aliphatic carbocycles. The van der Waals surface area contributed by atoms with Gasteiger partial charge in [-0.1, -0.05) is 19.6 Å². The molecule has 0 bridgehead atoms. The lowest BCUT2D eigenvalue weighted by Gasteiger charge is -2.15. The summed E-state index contributed by atoms with van der Waals surface area (Å²) in [5.74, 6) is 2.02. The van der Waals surface area contributed by atoms with Crippen molar-refractivity contribution in [1.82, 2.24) is 14.9 Å². The van der Waals surface area contributed by atoms with Crippen LogP contribution in [-0.2, 0) is 13.1 Å². The number of nitrogens with one attached hydrogen (secondary N) is 1. The first-order valence-corrected chi connectivity index (χ1v) is 8.19. The lowest BCUT2D eigenvalue weighted by atomic mass is 10.1. The van der Waals surface area contributed by atoms with Crippen molar-refractivity contribution in [1.29, 1.82) is 0 Å². The molecule has 5 heteroatoms. The van der Waals surface area contributed by atoms with E-state index in [1.54, 1.807) is 7.11 Å². The molecule has 1 aromatic heterocycles. The first-order chi connectivity index (χ1) is 11.6. The Labute approximate surface area is 144 Å². The molecule has 1 aromatic carbocycles. The Hall–Kier alpha value is -2.27. The van der Waals surface area contributed by atoms with E-state index < -0.39 is 0 Å². The van der Waals surface area contributed by atoms with Gasteiger partial charge in [-0.05, 0) is 42.7 Å². The van der Waals surface area contributed by atoms with Crippen LogP contribution < -0.4 is 14.8 Å². The summed E-state index contributed by atoms with van der Waals surface area (Å²) in [6, 6.07) is 6.02. The maximum Gasteiger partial charge on any atom is 0.161 e. The number of hydrogen-bond donors (Lipinski definition) is 1. The molecule has 1 atom stereocenters. The van der Waals surface area contributed by atoms with Crippen LogP contribution in [0.4, 0.5) is 0 Å². The van der Waals surface area contributed by atoms with Crippen molar-refractivity contribution >= 4 is 0 Å². The highest BCUT2D eigenvalue weighted by Crippen LogP contribution is 2.28. The van der Waals surface area contributed by atoms with Crippen molar-refractivity contribution in [3.8, 4) is 11.5 Å². The predicted molar refractivity (Wildman–Crippen MR) is 96.4 cm³/mol. The van der Waals surface area contributed by atoms with E-state index in [4.69, 9.17) is 9.47 Å². The van der Waals surface area contributed by atoms with Crippen molar-refractivity contribution in [3.05, 3.63) is 54.6 Å². The highest BCUT2D eigenvalue weighted by Gasteiger charge is 2.07. The first-order valence-electron chi connectivity index (χ1n) is 8.19. The summed E-state index contributed by atoms with van der Waals surface area (Å²) < 4.78 is 13.2. The summed E-state index contributed by atoms with van der Waals surface area (Å²) in [6.07, 6.45) is 5.65. The second kappa shape index (κ2) is 9.13. The molecule has 2 aromatic rings. The summed E-state index contributed by atoms with van der Waals surface area (Å²) in [6.45, 7) is 11.2. The molecule has 24 heavy (non-hydrogen) atoms. The molecular weight excluding hydrogens is 302 g/mol. The SMILES string of the molecule is C=C(C)COc1cc(CNCC(C)Cn2ccnc2)ccc1OC. The zero-order valence-corrected chi connectivity index (χ0v) is 14.8. The molecule has 0 fully saturated rings. The third-order valence-electron chi connectivity index (χ3n) is 3.61. The van der Waals surface area contributed by atoms with E-state index in [0.29, 0.717) is 12.5 Å². The molecule has 1 unspecified atom stereocenters. The average Bonchev–Trinajstić information content (AvgIpc) is 3.06. The number of methoxy groups -OCH3 is 1. The molecule has 0 radical (unpaired) electrons. The van der Waals surface area contributed by atoms with E-state index in [1.165, 1.54) is 5.56 Å². The number of rotatable bonds is 10. The molecule has 130 valence electrons. The minimum atomic E-state index is 0.495. The molecular formula is C19H27N3O2. The van der Waals surface area contributed by atoms with Gasteiger partial charge in [0.15, 0.2) is 11.5 Å². The quantitative estimate of drug-likeness (QED) is 0.680. The Morgan fingerprint density at radius 2 is 2.21 bits per heavy atom. The van der Waals surface area contributed by atoms with Crippen molar-refractivity contribution in [3.63, 3.8) is 0 Å². The van der Waals surface area contributed by atoms with Gasteiger partial charge < -0.3 is 19.4 Å². The van der Waals surface area contributed by atoms with Gasteiger partial charge >= 0.3 is 0 Å². The van der Waals surface area contributed by atoms with Crippen LogP contribution in [0.2, 0.25) is 0 Å². The van der Waals surface area contributed by atoms with Gasteiger partial charge in [0.1, 0.15) is 6.61 Å². The summed E-state index contributed by atoms with van der Waals surface area (Å²) in [7, 11) is 1.65. The maximum atomic E-state index is 5.77. The van der Waals surface area contributed by atoms with Crippen LogP contribution >= 0.6 is 0 Å². The van der Waals surface area contributed by atoms with E-state index in [-0.39, 0.29) is 0 Å². The molecule has 5 nitrogen and oxygen atoms in total. The van der Waals surface area contributed by atoms with Crippen molar-refractivity contribution in [2.75, 3.05) is 20.3 Å². The molecule has 0 aliphatic rings. The Morgan fingerprint density at radius 3 is 2.88 bits per heavy atom. The lowest BCUT2D eigenvalue weighted by Crippen LogP contribution is -2.23. The summed E-state index contributed by atoms with van der Waals surface area (Å²) >= 11 is 0. The third-order valence-corrected chi connectivity index (χ3v) is 3.61. The fraction of sp³-hybridized carbons (Fsp3) is 0.421. The Kier molecular flexibility index (Phi) is 6.88. The summed E-state index contributed by atoms with van der Waals surface area (Å²) in [4.78, 5) is 4.07. The Morgan fingerprint density at radius 1 is 1.38 bits per heavy atom. The standard InChI is InChI=1S/C19H27N3O2/c1-15(2)13-24-19-9-17(5-6-18(19)23-4)11-21-10-16(3)12-22-8-7-20-14-22/h5-9,14,16,21H,1,10-13H2,2-4H3. The van der Waals surface area contributed by atoms with Gasteiger partial charge in [-0.15, -0.1) is 0 Å². The monoisotopic (exact) mass is 329 g/mol. The Balaban J connectivity index is 1.85. The molecule has 2 rings (SSSR count). The van der Waals surface area contributed by atoms with E-state index in [2.05, 4.69) is 34.4 Å². The maximum absolute atomic E-state index is 5.77. The van der Waals surface area contributed by atoms with Crippen molar-refractivity contribution < 1.29 is 9.47 Å². The number of hydrogen-bond acceptors (Lipinski definition) is 4. The van der Waals surface area contributed by atoms with Gasteiger partial charge in [-0.25, -0.2) is 4.98 Å². The minimum Gasteiger partial charge on any atom is -0.493 e. The van der Waals surface area contributed by atoms with Crippen LogP contribution in [0.3, 0.4) is 0 Å². The van der Waals surface area contributed by atoms with Crippen molar-refractivity contribution in [2.24, 2.45) is 5.92 Å². The molecule has 0 spiro atoms. The summed E-state index contributed by atoms with van der Waals surface area (Å²) in [5.41, 5.74) is 2.15. The number of aromatic nitrogens is 2. The number of benzene rings is 1. The van der Waals surface area contributed by atoms with Crippen LogP contribution in [0.1, 0.15) is 19.4 Å². The fourth-order valence-electron chi connectivity index (χ4n) is 2.43. The van der Waals surface area contributed by atoms with Crippen LogP contribution in [-0.4, -0.2) is 29.8 Å². The van der Waals surface area contributed by atoms with Crippen LogP contribution in [0, 0.1) is 5.92 Å². The molecule has 1 heterocycles. The highest BCUT2D eigenvalue weighted by atomic mass is 16.5. The van der Waals surface area contributed by atoms with E-state index in [9.17, 15) is 0 Å². The summed E-state index contributed by atoms with van der Waals surface area (Å²) in [5, 5.41) is 3.50. The van der Waals surface area contributed by atoms with Crippen LogP contribution in [0.15, 0.2) is 49.1 Å². The number of ether oxygens (including phenoxy) is 2. The van der Waals surface area contributed by atoms with Gasteiger partial charge in [0.05, 0.1) is 13.4 Å². The fourth-order valence-corrected chi connectivity index (χ4v) is 2.43. The molecule has 0 saturated carbocycles. The minimum absolute atomic E-state index is 0.495. The number of imidazole rings is 1. The molecule has 0 aliphatic heterocycles. The van der Waals surface area contributed by atoms with Gasteiger partial charge in [-0.3, -0.25) is 0 Å². The van der Waals surface area contributed by atoms with E-state index >= 15 is 0 Å². The largest absolute Gasteiger partial charge is 0.493 e. The van der Waals surface area contributed by atoms with Gasteiger partial charge in [0, 0.05) is 25.5 Å². The van der Waals surface area contributed by atoms with Crippen LogP contribution in [0.5, 0.6) is 11.5 Å². The number of nitrogens with zero attached hydrogens (tertiary/aromatic N) is 2. The smallest absolute Gasteiger partial charge is 0.161 e. The second-order valence-electron chi connectivity index (χ2n) is 6.23.